The summed E-state index contributed by atoms with van der Waals surface area (Å²) >= 11 is 0. The van der Waals surface area contributed by atoms with Crippen LogP contribution < -0.4 is 0 Å². The van der Waals surface area contributed by atoms with Gasteiger partial charge in [-0.1, -0.05) is 53.6 Å². The predicted molar refractivity (Wildman–Crippen MR) is 131 cm³/mol. The van der Waals surface area contributed by atoms with Crippen molar-refractivity contribution in [1.82, 2.24) is 4.31 Å². The molecule has 8 heteroatoms. The molecule has 4 rings (SSSR count). The van der Waals surface area contributed by atoms with E-state index in [0.717, 1.165) is 22.3 Å². The van der Waals surface area contributed by atoms with Gasteiger partial charge in [0.2, 0.25) is 10.0 Å². The van der Waals surface area contributed by atoms with Crippen LogP contribution in [-0.4, -0.2) is 44.4 Å². The monoisotopic (exact) mass is 497 g/mol. The van der Waals surface area contributed by atoms with Gasteiger partial charge in [-0.3, -0.25) is 9.59 Å². The lowest BCUT2D eigenvalue weighted by molar-refractivity contribution is -0.175. The maximum atomic E-state index is 14.0. The van der Waals surface area contributed by atoms with E-state index in [4.69, 9.17) is 9.47 Å². The molecule has 0 saturated heterocycles. The molecule has 2 aliphatic rings. The van der Waals surface area contributed by atoms with E-state index in [1.807, 2.05) is 44.2 Å². The number of benzene rings is 2. The summed E-state index contributed by atoms with van der Waals surface area (Å²) in [6.07, 6.45) is 1.86. The van der Waals surface area contributed by atoms with Gasteiger partial charge in [0, 0.05) is 13.0 Å². The minimum atomic E-state index is -3.99. The van der Waals surface area contributed by atoms with Gasteiger partial charge in [-0.05, 0) is 57.4 Å². The molecule has 0 aromatic heterocycles. The second kappa shape index (κ2) is 9.24. The maximum Gasteiger partial charge on any atom is 0.323 e. The van der Waals surface area contributed by atoms with Gasteiger partial charge in [0.05, 0.1) is 23.6 Å². The number of nitrogens with zero attached hydrogens (tertiary/aromatic N) is 1. The van der Waals surface area contributed by atoms with Gasteiger partial charge in [0.25, 0.3) is 0 Å². The Labute approximate surface area is 206 Å². The van der Waals surface area contributed by atoms with E-state index in [-0.39, 0.29) is 37.5 Å². The minimum absolute atomic E-state index is 0.0773. The van der Waals surface area contributed by atoms with Crippen LogP contribution >= 0.6 is 0 Å². The summed E-state index contributed by atoms with van der Waals surface area (Å²) < 4.78 is 40.3. The molecule has 0 amide bonds. The number of esters is 2. The van der Waals surface area contributed by atoms with E-state index in [9.17, 15) is 18.0 Å². The van der Waals surface area contributed by atoms with Crippen LogP contribution in [0.25, 0.3) is 0 Å². The highest BCUT2D eigenvalue weighted by Crippen LogP contribution is 2.54. The Morgan fingerprint density at radius 2 is 1.54 bits per heavy atom. The lowest BCUT2D eigenvalue weighted by Gasteiger charge is -2.47. The Kier molecular flexibility index (Phi) is 6.64. The highest BCUT2D eigenvalue weighted by molar-refractivity contribution is 7.89. The first kappa shape index (κ1) is 25.1. The topological polar surface area (TPSA) is 90.0 Å². The molecule has 0 fully saturated rings. The van der Waals surface area contributed by atoms with Crippen LogP contribution in [0.2, 0.25) is 0 Å². The van der Waals surface area contributed by atoms with Crippen molar-refractivity contribution in [3.8, 4) is 0 Å². The van der Waals surface area contributed by atoms with Gasteiger partial charge in [-0.25, -0.2) is 8.42 Å². The molecule has 0 bridgehead atoms. The first-order chi connectivity index (χ1) is 16.6. The molecular weight excluding hydrogens is 466 g/mol. The van der Waals surface area contributed by atoms with Crippen molar-refractivity contribution in [2.24, 2.45) is 5.41 Å². The third-order valence-corrected chi connectivity index (χ3v) is 8.71. The number of ether oxygens (including phenoxy) is 2. The van der Waals surface area contributed by atoms with Crippen molar-refractivity contribution in [2.75, 3.05) is 19.8 Å². The average molecular weight is 498 g/mol. The largest absolute Gasteiger partial charge is 0.465 e. The average Bonchev–Trinajstić information content (AvgIpc) is 3.16. The van der Waals surface area contributed by atoms with Crippen molar-refractivity contribution >= 4 is 22.0 Å². The van der Waals surface area contributed by atoms with E-state index >= 15 is 0 Å². The standard InChI is InChI=1S/C27H31NO6S/c1-5-33-24(29)26(25(30)34-6-2)16-21-9-7-8-10-23(21)27(18-26)15-20(4)17-28(27)35(31,32)22-13-11-19(3)12-14-22/h7-15H,5-6,16-18H2,1-4H3. The quantitative estimate of drug-likeness (QED) is 0.342. The molecule has 186 valence electrons. The van der Waals surface area contributed by atoms with Crippen molar-refractivity contribution in [2.45, 2.75) is 51.0 Å². The number of rotatable bonds is 6. The predicted octanol–water partition coefficient (Wildman–Crippen LogP) is 3.90. The number of sulfonamides is 1. The van der Waals surface area contributed by atoms with Crippen molar-refractivity contribution in [1.29, 1.82) is 0 Å². The molecule has 0 N–H and O–H groups in total. The highest BCUT2D eigenvalue weighted by Gasteiger charge is 2.62. The molecule has 0 radical (unpaired) electrons. The Morgan fingerprint density at radius 1 is 0.943 bits per heavy atom. The summed E-state index contributed by atoms with van der Waals surface area (Å²) in [7, 11) is -3.99. The van der Waals surface area contributed by atoms with Gasteiger partial charge < -0.3 is 9.47 Å². The third-order valence-electron chi connectivity index (χ3n) is 6.81. The van der Waals surface area contributed by atoms with Crippen LogP contribution in [0.3, 0.4) is 0 Å². The SMILES string of the molecule is CCOC(=O)C1(C(=O)OCC)Cc2ccccc2C2(C=C(C)CN2S(=O)(=O)c2ccc(C)cc2)C1. The number of carbonyl (C=O) groups is 2. The first-order valence-electron chi connectivity index (χ1n) is 11.8. The van der Waals surface area contributed by atoms with E-state index < -0.39 is 32.9 Å². The second-order valence-electron chi connectivity index (χ2n) is 9.27. The molecule has 1 heterocycles. The fourth-order valence-corrected chi connectivity index (χ4v) is 7.08. The Bertz CT molecular complexity index is 1260. The molecule has 1 atom stereocenters. The van der Waals surface area contributed by atoms with Gasteiger partial charge >= 0.3 is 11.9 Å². The fourth-order valence-electron chi connectivity index (χ4n) is 5.33. The summed E-state index contributed by atoms with van der Waals surface area (Å²) in [5.41, 5.74) is 0.330. The van der Waals surface area contributed by atoms with Crippen LogP contribution in [0.1, 0.15) is 43.9 Å². The van der Waals surface area contributed by atoms with E-state index in [1.165, 1.54) is 4.31 Å². The number of aryl methyl sites for hydroxylation is 1. The Balaban J connectivity index is 1.96. The van der Waals surface area contributed by atoms with Crippen LogP contribution in [-0.2, 0) is 41.0 Å². The summed E-state index contributed by atoms with van der Waals surface area (Å²) in [6, 6.07) is 14.1. The Hall–Kier alpha value is -2.97. The zero-order valence-corrected chi connectivity index (χ0v) is 21.4. The third kappa shape index (κ3) is 4.08. The fraction of sp³-hybridized carbons (Fsp3) is 0.407. The summed E-state index contributed by atoms with van der Waals surface area (Å²) in [6.45, 7) is 7.44. The van der Waals surface area contributed by atoms with Crippen LogP contribution in [0.15, 0.2) is 65.1 Å². The molecule has 0 saturated carbocycles. The molecule has 1 unspecified atom stereocenters. The summed E-state index contributed by atoms with van der Waals surface area (Å²) in [5, 5.41) is 0. The van der Waals surface area contributed by atoms with Gasteiger partial charge in [-0.2, -0.15) is 4.31 Å². The first-order valence-corrected chi connectivity index (χ1v) is 13.3. The summed E-state index contributed by atoms with van der Waals surface area (Å²) in [4.78, 5) is 27.0. The number of hydrogen-bond acceptors (Lipinski definition) is 6. The minimum Gasteiger partial charge on any atom is -0.465 e. The van der Waals surface area contributed by atoms with E-state index in [2.05, 4.69) is 0 Å². The molecular formula is C27H31NO6S. The van der Waals surface area contributed by atoms with E-state index in [0.29, 0.717) is 0 Å². The van der Waals surface area contributed by atoms with Crippen LogP contribution in [0, 0.1) is 12.3 Å². The summed E-state index contributed by atoms with van der Waals surface area (Å²) in [5.74, 6) is -1.39. The van der Waals surface area contributed by atoms with E-state index in [1.54, 1.807) is 38.1 Å². The second-order valence-corrected chi connectivity index (χ2v) is 11.1. The molecule has 7 nitrogen and oxygen atoms in total. The van der Waals surface area contributed by atoms with Crippen molar-refractivity contribution < 1.29 is 27.5 Å². The number of fused-ring (bicyclic) bond motifs is 2. The molecule has 2 aromatic rings. The van der Waals surface area contributed by atoms with Gasteiger partial charge in [-0.15, -0.1) is 0 Å². The molecule has 2 aromatic carbocycles. The van der Waals surface area contributed by atoms with Gasteiger partial charge in [0.1, 0.15) is 0 Å². The normalized spacial score (nSPS) is 21.3. The lowest BCUT2D eigenvalue weighted by atomic mass is 9.63. The van der Waals surface area contributed by atoms with Crippen molar-refractivity contribution in [3.05, 3.63) is 76.9 Å². The van der Waals surface area contributed by atoms with Crippen LogP contribution in [0.5, 0.6) is 0 Å². The number of carbonyl (C=O) groups excluding carboxylic acids is 2. The zero-order valence-electron chi connectivity index (χ0n) is 20.5. The lowest BCUT2D eigenvalue weighted by Crippen LogP contribution is -2.57. The smallest absolute Gasteiger partial charge is 0.323 e. The zero-order chi connectivity index (χ0) is 25.4. The van der Waals surface area contributed by atoms with Crippen molar-refractivity contribution in [3.63, 3.8) is 0 Å². The van der Waals surface area contributed by atoms with Gasteiger partial charge in [0.15, 0.2) is 5.41 Å². The Morgan fingerprint density at radius 3 is 2.14 bits per heavy atom. The molecule has 1 aliphatic heterocycles. The highest BCUT2D eigenvalue weighted by atomic mass is 32.2. The molecule has 35 heavy (non-hydrogen) atoms. The molecule has 1 spiro atoms. The molecule has 1 aliphatic carbocycles. The van der Waals surface area contributed by atoms with Crippen LogP contribution in [0.4, 0.5) is 0 Å². The maximum absolute atomic E-state index is 14.0. The number of hydrogen-bond donors (Lipinski definition) is 0.